The average molecular weight is 312 g/mol. The van der Waals surface area contributed by atoms with E-state index in [-0.39, 0.29) is 5.91 Å². The van der Waals surface area contributed by atoms with Crippen LogP contribution in [0.25, 0.3) is 0 Å². The number of rotatable bonds is 1. The molecule has 0 spiro atoms. The second kappa shape index (κ2) is 5.28. The van der Waals surface area contributed by atoms with Crippen LogP contribution in [-0.4, -0.2) is 48.9 Å². The predicted molar refractivity (Wildman–Crippen MR) is 76.7 cm³/mol. The summed E-state index contributed by atoms with van der Waals surface area (Å²) < 4.78 is 0.850. The van der Waals surface area contributed by atoms with Crippen molar-refractivity contribution in [1.29, 1.82) is 0 Å². The van der Waals surface area contributed by atoms with Gasteiger partial charge in [0.25, 0.3) is 5.91 Å². The molecule has 1 amide bonds. The molecular weight excluding hydrogens is 294 g/mol. The molecule has 0 aliphatic carbocycles. The molecule has 4 nitrogen and oxygen atoms in total. The first kappa shape index (κ1) is 13.4. The van der Waals surface area contributed by atoms with Crippen molar-refractivity contribution in [3.05, 3.63) is 27.7 Å². The van der Waals surface area contributed by atoms with Crippen LogP contribution in [0, 0.1) is 6.92 Å². The molecule has 1 aliphatic heterocycles. The average Bonchev–Trinajstić information content (AvgIpc) is 2.34. The molecule has 18 heavy (non-hydrogen) atoms. The quantitative estimate of drug-likeness (QED) is 0.804. The molecule has 2 N–H and O–H groups in total. The van der Waals surface area contributed by atoms with Gasteiger partial charge in [-0.2, -0.15) is 0 Å². The number of anilines is 1. The molecule has 0 bridgehead atoms. The van der Waals surface area contributed by atoms with Gasteiger partial charge in [-0.1, -0.05) is 15.9 Å². The minimum atomic E-state index is 0.0774. The van der Waals surface area contributed by atoms with E-state index in [1.54, 1.807) is 0 Å². The topological polar surface area (TPSA) is 49.6 Å². The highest BCUT2D eigenvalue weighted by atomic mass is 79.9. The van der Waals surface area contributed by atoms with E-state index < -0.39 is 0 Å². The predicted octanol–water partition coefficient (Wildman–Crippen LogP) is 1.73. The van der Waals surface area contributed by atoms with Gasteiger partial charge in [0.1, 0.15) is 0 Å². The molecule has 0 aromatic heterocycles. The summed E-state index contributed by atoms with van der Waals surface area (Å²) >= 11 is 3.39. The second-order valence-electron chi connectivity index (χ2n) is 4.76. The van der Waals surface area contributed by atoms with Crippen molar-refractivity contribution in [3.8, 4) is 0 Å². The van der Waals surface area contributed by atoms with E-state index in [0.717, 1.165) is 36.2 Å². The molecule has 1 fully saturated rings. The van der Waals surface area contributed by atoms with E-state index in [2.05, 4.69) is 27.9 Å². The van der Waals surface area contributed by atoms with Crippen LogP contribution in [0.4, 0.5) is 5.69 Å². The number of nitrogens with two attached hydrogens (primary N) is 1. The maximum Gasteiger partial charge on any atom is 0.254 e. The third-order valence-corrected chi connectivity index (χ3v) is 3.89. The van der Waals surface area contributed by atoms with Crippen LogP contribution in [0.2, 0.25) is 0 Å². The Balaban J connectivity index is 2.23. The number of carbonyl (C=O) groups excluding carboxylic acids is 1. The summed E-state index contributed by atoms with van der Waals surface area (Å²) in [5, 5.41) is 0. The largest absolute Gasteiger partial charge is 0.398 e. The van der Waals surface area contributed by atoms with Crippen molar-refractivity contribution < 1.29 is 4.79 Å². The third kappa shape index (κ3) is 2.67. The normalized spacial score (nSPS) is 16.9. The Bertz CT molecular complexity index is 468. The summed E-state index contributed by atoms with van der Waals surface area (Å²) in [5.41, 5.74) is 8.12. The van der Waals surface area contributed by atoms with Gasteiger partial charge in [-0.05, 0) is 31.7 Å². The Morgan fingerprint density at radius 3 is 2.50 bits per heavy atom. The lowest BCUT2D eigenvalue weighted by atomic mass is 10.1. The molecule has 5 heteroatoms. The number of halogens is 1. The van der Waals surface area contributed by atoms with Gasteiger partial charge in [-0.15, -0.1) is 0 Å². The van der Waals surface area contributed by atoms with Crippen LogP contribution in [0.5, 0.6) is 0 Å². The zero-order valence-corrected chi connectivity index (χ0v) is 12.3. The molecule has 1 aromatic carbocycles. The maximum absolute atomic E-state index is 12.5. The lowest BCUT2D eigenvalue weighted by molar-refractivity contribution is 0.0663. The third-order valence-electron chi connectivity index (χ3n) is 3.43. The summed E-state index contributed by atoms with van der Waals surface area (Å²) in [6.07, 6.45) is 0. The summed E-state index contributed by atoms with van der Waals surface area (Å²) in [7, 11) is 2.07. The van der Waals surface area contributed by atoms with Gasteiger partial charge in [0, 0.05) is 41.9 Å². The van der Waals surface area contributed by atoms with Gasteiger partial charge in [0.2, 0.25) is 0 Å². The van der Waals surface area contributed by atoms with Crippen molar-refractivity contribution in [2.24, 2.45) is 0 Å². The minimum absolute atomic E-state index is 0.0774. The highest BCUT2D eigenvalue weighted by Gasteiger charge is 2.22. The number of nitrogen functional groups attached to an aromatic ring is 1. The van der Waals surface area contributed by atoms with Crippen LogP contribution in [0.3, 0.4) is 0 Å². The SMILES string of the molecule is Cc1c(N)cc(Br)cc1C(=O)N1CCN(C)CC1. The van der Waals surface area contributed by atoms with Gasteiger partial charge in [0.05, 0.1) is 0 Å². The fraction of sp³-hybridized carbons (Fsp3) is 0.462. The van der Waals surface area contributed by atoms with Crippen molar-refractivity contribution >= 4 is 27.5 Å². The molecule has 1 aliphatic rings. The van der Waals surface area contributed by atoms with E-state index >= 15 is 0 Å². The Labute approximate surface area is 116 Å². The number of benzene rings is 1. The number of hydrogen-bond donors (Lipinski definition) is 1. The summed E-state index contributed by atoms with van der Waals surface area (Å²) in [6, 6.07) is 3.68. The maximum atomic E-state index is 12.5. The van der Waals surface area contributed by atoms with E-state index in [4.69, 9.17) is 5.73 Å². The van der Waals surface area contributed by atoms with Crippen LogP contribution in [0.1, 0.15) is 15.9 Å². The summed E-state index contributed by atoms with van der Waals surface area (Å²) in [6.45, 7) is 5.30. The first-order valence-electron chi connectivity index (χ1n) is 6.02. The molecule has 1 heterocycles. The highest BCUT2D eigenvalue weighted by molar-refractivity contribution is 9.10. The monoisotopic (exact) mass is 311 g/mol. The molecule has 98 valence electrons. The van der Waals surface area contributed by atoms with Gasteiger partial charge in [0.15, 0.2) is 0 Å². The molecule has 0 unspecified atom stereocenters. The Morgan fingerprint density at radius 2 is 1.89 bits per heavy atom. The van der Waals surface area contributed by atoms with Gasteiger partial charge >= 0.3 is 0 Å². The second-order valence-corrected chi connectivity index (χ2v) is 5.68. The molecular formula is C13H18BrN3O. The fourth-order valence-corrected chi connectivity index (χ4v) is 2.58. The molecule has 0 atom stereocenters. The Hall–Kier alpha value is -1.07. The lowest BCUT2D eigenvalue weighted by Gasteiger charge is -2.32. The lowest BCUT2D eigenvalue weighted by Crippen LogP contribution is -2.47. The van der Waals surface area contributed by atoms with Crippen molar-refractivity contribution in [2.75, 3.05) is 39.0 Å². The number of hydrogen-bond acceptors (Lipinski definition) is 3. The highest BCUT2D eigenvalue weighted by Crippen LogP contribution is 2.24. The number of nitrogens with zero attached hydrogens (tertiary/aromatic N) is 2. The number of likely N-dealkylation sites (N-methyl/N-ethyl adjacent to an activating group) is 1. The zero-order valence-electron chi connectivity index (χ0n) is 10.7. The summed E-state index contributed by atoms with van der Waals surface area (Å²) in [4.78, 5) is 16.6. The van der Waals surface area contributed by atoms with E-state index in [1.807, 2.05) is 24.0 Å². The Kier molecular flexibility index (Phi) is 3.92. The van der Waals surface area contributed by atoms with E-state index in [1.165, 1.54) is 0 Å². The molecule has 0 radical (unpaired) electrons. The van der Waals surface area contributed by atoms with Crippen LogP contribution < -0.4 is 5.73 Å². The zero-order chi connectivity index (χ0) is 13.3. The Morgan fingerprint density at radius 1 is 1.28 bits per heavy atom. The van der Waals surface area contributed by atoms with E-state index in [9.17, 15) is 4.79 Å². The van der Waals surface area contributed by atoms with Crippen LogP contribution in [0.15, 0.2) is 16.6 Å². The van der Waals surface area contributed by atoms with Gasteiger partial charge in [-0.25, -0.2) is 0 Å². The molecule has 0 saturated carbocycles. The van der Waals surface area contributed by atoms with Gasteiger partial charge in [-0.3, -0.25) is 4.79 Å². The van der Waals surface area contributed by atoms with Crippen molar-refractivity contribution in [2.45, 2.75) is 6.92 Å². The standard InChI is InChI=1S/C13H18BrN3O/c1-9-11(7-10(14)8-12(9)15)13(18)17-5-3-16(2)4-6-17/h7-8H,3-6,15H2,1-2H3. The van der Waals surface area contributed by atoms with Crippen LogP contribution in [-0.2, 0) is 0 Å². The minimum Gasteiger partial charge on any atom is -0.398 e. The number of piperazine rings is 1. The van der Waals surface area contributed by atoms with E-state index in [0.29, 0.717) is 11.3 Å². The fourth-order valence-electron chi connectivity index (χ4n) is 2.10. The van der Waals surface area contributed by atoms with Crippen LogP contribution >= 0.6 is 15.9 Å². The summed E-state index contributed by atoms with van der Waals surface area (Å²) in [5.74, 6) is 0.0774. The smallest absolute Gasteiger partial charge is 0.254 e. The molecule has 1 aromatic rings. The number of carbonyl (C=O) groups is 1. The first-order chi connectivity index (χ1) is 8.49. The van der Waals surface area contributed by atoms with Crippen molar-refractivity contribution in [1.82, 2.24) is 9.80 Å². The molecule has 2 rings (SSSR count). The molecule has 1 saturated heterocycles. The van der Waals surface area contributed by atoms with Crippen molar-refractivity contribution in [3.63, 3.8) is 0 Å². The van der Waals surface area contributed by atoms with Gasteiger partial charge < -0.3 is 15.5 Å². The first-order valence-corrected chi connectivity index (χ1v) is 6.82. The number of amides is 1.